The van der Waals surface area contributed by atoms with Gasteiger partial charge in [-0.25, -0.2) is 0 Å². The second-order valence-corrected chi connectivity index (χ2v) is 5.39. The molecule has 1 unspecified atom stereocenters. The summed E-state index contributed by atoms with van der Waals surface area (Å²) in [6.07, 6.45) is 0. The van der Waals surface area contributed by atoms with E-state index < -0.39 is 0 Å². The number of hydrogen-bond donors (Lipinski definition) is 1. The van der Waals surface area contributed by atoms with Crippen molar-refractivity contribution < 1.29 is 5.11 Å². The molecule has 0 heterocycles. The van der Waals surface area contributed by atoms with Gasteiger partial charge in [-0.05, 0) is 22.8 Å². The number of thioether (sulfide) groups is 1. The Bertz CT molecular complexity index is 96.2. The molecule has 68 valence electrons. The lowest BCUT2D eigenvalue weighted by Gasteiger charge is -2.18. The summed E-state index contributed by atoms with van der Waals surface area (Å²) in [5, 5.41) is 8.75. The van der Waals surface area contributed by atoms with Gasteiger partial charge in [0.1, 0.15) is 0 Å². The fourth-order valence-electron chi connectivity index (χ4n) is 0.619. The second kappa shape index (κ2) is 5.04. The molecule has 0 spiro atoms. The van der Waals surface area contributed by atoms with Crippen LogP contribution in [0, 0.1) is 11.3 Å². The van der Waals surface area contributed by atoms with E-state index in [4.69, 9.17) is 5.11 Å². The fourth-order valence-corrected chi connectivity index (χ4v) is 1.86. The van der Waals surface area contributed by atoms with E-state index in [0.29, 0.717) is 17.9 Å². The Kier molecular flexibility index (Phi) is 5.19. The van der Waals surface area contributed by atoms with Crippen molar-refractivity contribution in [3.63, 3.8) is 0 Å². The monoisotopic (exact) mass is 176 g/mol. The standard InChI is InChI=1S/C9H20OS/c1-8(5-10)6-11-7-9(2,3)4/h8,10H,5-7H2,1-4H3. The molecule has 0 saturated heterocycles. The average Bonchev–Trinajstić information content (AvgIpc) is 1.85. The normalized spacial score (nSPS) is 15.0. The van der Waals surface area contributed by atoms with Gasteiger partial charge in [0.05, 0.1) is 0 Å². The molecule has 0 aromatic carbocycles. The Morgan fingerprint density at radius 2 is 1.91 bits per heavy atom. The van der Waals surface area contributed by atoms with Crippen molar-refractivity contribution >= 4 is 11.8 Å². The molecule has 0 rings (SSSR count). The van der Waals surface area contributed by atoms with E-state index in [2.05, 4.69) is 27.7 Å². The van der Waals surface area contributed by atoms with Crippen LogP contribution in [0.5, 0.6) is 0 Å². The third-order valence-corrected chi connectivity index (χ3v) is 3.12. The summed E-state index contributed by atoms with van der Waals surface area (Å²) >= 11 is 1.93. The largest absolute Gasteiger partial charge is 0.396 e. The van der Waals surface area contributed by atoms with Gasteiger partial charge < -0.3 is 5.11 Å². The summed E-state index contributed by atoms with van der Waals surface area (Å²) < 4.78 is 0. The minimum absolute atomic E-state index is 0.317. The number of rotatable bonds is 4. The molecule has 2 heteroatoms. The molecule has 1 atom stereocenters. The third-order valence-electron chi connectivity index (χ3n) is 1.25. The topological polar surface area (TPSA) is 20.2 Å². The first-order chi connectivity index (χ1) is 4.95. The van der Waals surface area contributed by atoms with Crippen LogP contribution < -0.4 is 0 Å². The molecule has 0 radical (unpaired) electrons. The minimum atomic E-state index is 0.317. The second-order valence-electron chi connectivity index (χ2n) is 4.36. The lowest BCUT2D eigenvalue weighted by molar-refractivity contribution is 0.250. The van der Waals surface area contributed by atoms with E-state index in [1.165, 1.54) is 5.75 Å². The molecule has 0 aliphatic carbocycles. The third kappa shape index (κ3) is 8.21. The first-order valence-corrected chi connectivity index (χ1v) is 5.30. The van der Waals surface area contributed by atoms with Crippen molar-refractivity contribution in [2.24, 2.45) is 11.3 Å². The van der Waals surface area contributed by atoms with Crippen molar-refractivity contribution in [1.82, 2.24) is 0 Å². The predicted octanol–water partition coefficient (Wildman–Crippen LogP) is 2.39. The number of aliphatic hydroxyl groups is 1. The zero-order valence-corrected chi connectivity index (χ0v) is 8.87. The molecule has 0 aromatic rings. The fraction of sp³-hybridized carbons (Fsp3) is 1.00. The maximum atomic E-state index is 8.75. The number of aliphatic hydroxyl groups excluding tert-OH is 1. The van der Waals surface area contributed by atoms with Crippen molar-refractivity contribution in [2.45, 2.75) is 27.7 Å². The molecule has 0 aliphatic rings. The summed E-state index contributed by atoms with van der Waals surface area (Å²) in [6.45, 7) is 9.11. The van der Waals surface area contributed by atoms with Gasteiger partial charge in [0.2, 0.25) is 0 Å². The zero-order chi connectivity index (χ0) is 8.91. The summed E-state index contributed by atoms with van der Waals surface area (Å²) in [5.74, 6) is 2.70. The number of hydrogen-bond acceptors (Lipinski definition) is 2. The lowest BCUT2D eigenvalue weighted by Crippen LogP contribution is -2.11. The van der Waals surface area contributed by atoms with Crippen LogP contribution in [0.4, 0.5) is 0 Å². The molecule has 0 saturated carbocycles. The van der Waals surface area contributed by atoms with Crippen LogP contribution in [0.3, 0.4) is 0 Å². The quantitative estimate of drug-likeness (QED) is 0.710. The Hall–Kier alpha value is 0.310. The Balaban J connectivity index is 3.28. The molecule has 0 amide bonds. The first-order valence-electron chi connectivity index (χ1n) is 4.14. The Morgan fingerprint density at radius 1 is 1.36 bits per heavy atom. The molecule has 0 fully saturated rings. The van der Waals surface area contributed by atoms with Crippen LogP contribution in [0.2, 0.25) is 0 Å². The average molecular weight is 176 g/mol. The van der Waals surface area contributed by atoms with Gasteiger partial charge in [0, 0.05) is 6.61 Å². The van der Waals surface area contributed by atoms with Gasteiger partial charge in [-0.3, -0.25) is 0 Å². The lowest BCUT2D eigenvalue weighted by atomic mass is 10.0. The maximum absolute atomic E-state index is 8.75. The smallest absolute Gasteiger partial charge is 0.0464 e. The Labute approximate surface area is 74.6 Å². The predicted molar refractivity (Wildman–Crippen MR) is 53.0 cm³/mol. The van der Waals surface area contributed by atoms with Crippen molar-refractivity contribution in [3.05, 3.63) is 0 Å². The van der Waals surface area contributed by atoms with E-state index in [9.17, 15) is 0 Å². The van der Waals surface area contributed by atoms with E-state index in [1.54, 1.807) is 0 Å². The molecule has 1 nitrogen and oxygen atoms in total. The van der Waals surface area contributed by atoms with Crippen LogP contribution in [0.15, 0.2) is 0 Å². The van der Waals surface area contributed by atoms with Crippen molar-refractivity contribution in [2.75, 3.05) is 18.1 Å². The van der Waals surface area contributed by atoms with E-state index in [0.717, 1.165) is 5.75 Å². The van der Waals surface area contributed by atoms with Crippen LogP contribution in [-0.2, 0) is 0 Å². The van der Waals surface area contributed by atoms with Gasteiger partial charge in [-0.1, -0.05) is 27.7 Å². The van der Waals surface area contributed by atoms with E-state index in [-0.39, 0.29) is 0 Å². The molecule has 1 N–H and O–H groups in total. The van der Waals surface area contributed by atoms with Gasteiger partial charge in [-0.2, -0.15) is 11.8 Å². The summed E-state index contributed by atoms with van der Waals surface area (Å²) in [6, 6.07) is 0. The highest BCUT2D eigenvalue weighted by Crippen LogP contribution is 2.21. The van der Waals surface area contributed by atoms with Gasteiger partial charge in [0.15, 0.2) is 0 Å². The van der Waals surface area contributed by atoms with Crippen LogP contribution in [0.1, 0.15) is 27.7 Å². The maximum Gasteiger partial charge on any atom is 0.0464 e. The molecule has 11 heavy (non-hydrogen) atoms. The zero-order valence-electron chi connectivity index (χ0n) is 8.05. The van der Waals surface area contributed by atoms with Gasteiger partial charge >= 0.3 is 0 Å². The molecule has 0 bridgehead atoms. The molecule has 0 aromatic heterocycles. The SMILES string of the molecule is CC(CO)CSCC(C)(C)C. The highest BCUT2D eigenvalue weighted by molar-refractivity contribution is 7.99. The van der Waals surface area contributed by atoms with Gasteiger partial charge in [-0.15, -0.1) is 0 Å². The van der Waals surface area contributed by atoms with Gasteiger partial charge in [0.25, 0.3) is 0 Å². The summed E-state index contributed by atoms with van der Waals surface area (Å²) in [4.78, 5) is 0. The van der Waals surface area contributed by atoms with Crippen LogP contribution >= 0.6 is 11.8 Å². The highest BCUT2D eigenvalue weighted by atomic mass is 32.2. The molecular weight excluding hydrogens is 156 g/mol. The van der Waals surface area contributed by atoms with Crippen LogP contribution in [0.25, 0.3) is 0 Å². The van der Waals surface area contributed by atoms with Crippen molar-refractivity contribution in [1.29, 1.82) is 0 Å². The van der Waals surface area contributed by atoms with E-state index in [1.807, 2.05) is 11.8 Å². The van der Waals surface area contributed by atoms with Crippen LogP contribution in [-0.4, -0.2) is 23.2 Å². The van der Waals surface area contributed by atoms with Crippen molar-refractivity contribution in [3.8, 4) is 0 Å². The Morgan fingerprint density at radius 3 is 2.27 bits per heavy atom. The molecular formula is C9H20OS. The van der Waals surface area contributed by atoms with E-state index >= 15 is 0 Å². The summed E-state index contributed by atoms with van der Waals surface area (Å²) in [5.41, 5.74) is 0.417. The summed E-state index contributed by atoms with van der Waals surface area (Å²) in [7, 11) is 0. The first kappa shape index (κ1) is 11.3. The molecule has 0 aliphatic heterocycles. The minimum Gasteiger partial charge on any atom is -0.396 e. The highest BCUT2D eigenvalue weighted by Gasteiger charge is 2.10.